The van der Waals surface area contributed by atoms with Crippen LogP contribution in [0.25, 0.3) is 11.0 Å². The Morgan fingerprint density at radius 3 is 2.28 bits per heavy atom. The van der Waals surface area contributed by atoms with Gasteiger partial charge in [-0.05, 0) is 17.7 Å². The number of benzene rings is 2. The molecule has 2 aromatic carbocycles. The Kier molecular flexibility index (Phi) is 6.48. The van der Waals surface area contributed by atoms with Crippen LogP contribution in [0, 0.1) is 0 Å². The van der Waals surface area contributed by atoms with E-state index < -0.39 is 0 Å². The molecule has 2 saturated heterocycles. The average molecular weight is 434 g/mol. The number of hydrogen-bond acceptors (Lipinski definition) is 5. The lowest BCUT2D eigenvalue weighted by molar-refractivity contribution is -0.136. The van der Waals surface area contributed by atoms with Crippen LogP contribution >= 0.6 is 0 Å². The second-order valence-electron chi connectivity index (χ2n) is 8.63. The van der Waals surface area contributed by atoms with Crippen LogP contribution < -0.4 is 0 Å². The topological polar surface area (TPSA) is 53.8 Å². The Balaban J connectivity index is 1.22. The third-order valence-corrected chi connectivity index (χ3v) is 6.47. The molecule has 0 aliphatic carbocycles. The molecular formula is C25H31N5O2. The van der Waals surface area contributed by atoms with Crippen LogP contribution in [-0.4, -0.2) is 89.2 Å². The molecule has 0 N–H and O–H groups in total. The predicted molar refractivity (Wildman–Crippen MR) is 124 cm³/mol. The molecule has 2 aliphatic rings. The highest BCUT2D eigenvalue weighted by atomic mass is 16.5. The molecule has 1 amide bonds. The van der Waals surface area contributed by atoms with Crippen molar-refractivity contribution in [2.45, 2.75) is 13.1 Å². The summed E-state index contributed by atoms with van der Waals surface area (Å²) >= 11 is 0. The van der Waals surface area contributed by atoms with Crippen LogP contribution in [0.2, 0.25) is 0 Å². The fourth-order valence-electron chi connectivity index (χ4n) is 4.60. The molecule has 2 aliphatic heterocycles. The molecule has 1 aromatic heterocycles. The maximum absolute atomic E-state index is 12.6. The largest absolute Gasteiger partial charge is 0.378 e. The lowest BCUT2D eigenvalue weighted by Crippen LogP contribution is -2.51. The van der Waals surface area contributed by atoms with Gasteiger partial charge in [0.05, 0.1) is 37.3 Å². The summed E-state index contributed by atoms with van der Waals surface area (Å²) < 4.78 is 7.70. The van der Waals surface area contributed by atoms with Gasteiger partial charge < -0.3 is 14.2 Å². The summed E-state index contributed by atoms with van der Waals surface area (Å²) in [6.45, 7) is 8.64. The quantitative estimate of drug-likeness (QED) is 0.596. The highest BCUT2D eigenvalue weighted by Gasteiger charge is 2.24. The van der Waals surface area contributed by atoms with E-state index in [0.29, 0.717) is 19.8 Å². The Hall–Kier alpha value is -2.74. The van der Waals surface area contributed by atoms with E-state index in [0.717, 1.165) is 63.7 Å². The number of piperazine rings is 1. The molecule has 0 unspecified atom stereocenters. The number of rotatable bonds is 6. The maximum Gasteiger partial charge on any atom is 0.236 e. The van der Waals surface area contributed by atoms with Crippen LogP contribution in [-0.2, 0) is 22.6 Å². The minimum absolute atomic E-state index is 0.228. The highest BCUT2D eigenvalue weighted by Crippen LogP contribution is 2.20. The highest BCUT2D eigenvalue weighted by molar-refractivity contribution is 5.78. The minimum Gasteiger partial charge on any atom is -0.378 e. The van der Waals surface area contributed by atoms with E-state index in [9.17, 15) is 4.79 Å². The van der Waals surface area contributed by atoms with E-state index >= 15 is 0 Å². The number of para-hydroxylation sites is 2. The molecule has 3 aromatic rings. The molecule has 0 saturated carbocycles. The molecule has 0 spiro atoms. The van der Waals surface area contributed by atoms with Gasteiger partial charge in [-0.3, -0.25) is 14.6 Å². The van der Waals surface area contributed by atoms with Crippen molar-refractivity contribution in [2.24, 2.45) is 0 Å². The fourth-order valence-corrected chi connectivity index (χ4v) is 4.60. The first-order chi connectivity index (χ1) is 15.8. The van der Waals surface area contributed by atoms with E-state index in [-0.39, 0.29) is 5.91 Å². The van der Waals surface area contributed by atoms with Gasteiger partial charge in [-0.1, -0.05) is 42.5 Å². The monoisotopic (exact) mass is 433 g/mol. The number of carbonyl (C=O) groups excluding carboxylic acids is 1. The van der Waals surface area contributed by atoms with E-state index in [2.05, 4.69) is 69.0 Å². The summed E-state index contributed by atoms with van der Waals surface area (Å²) in [6.07, 6.45) is 0. The van der Waals surface area contributed by atoms with Gasteiger partial charge in [-0.25, -0.2) is 4.98 Å². The third-order valence-electron chi connectivity index (χ3n) is 6.47. The van der Waals surface area contributed by atoms with E-state index in [1.165, 1.54) is 11.1 Å². The molecule has 168 valence electrons. The first-order valence-corrected chi connectivity index (χ1v) is 11.5. The number of aromatic nitrogens is 2. The van der Waals surface area contributed by atoms with Gasteiger partial charge in [0, 0.05) is 45.8 Å². The van der Waals surface area contributed by atoms with Crippen molar-refractivity contribution >= 4 is 16.9 Å². The van der Waals surface area contributed by atoms with E-state index in [1.54, 1.807) is 0 Å². The minimum atomic E-state index is 0.228. The second kappa shape index (κ2) is 9.81. The zero-order chi connectivity index (χ0) is 21.8. The Morgan fingerprint density at radius 1 is 0.812 bits per heavy atom. The summed E-state index contributed by atoms with van der Waals surface area (Å²) in [5.74, 6) is 1.33. The van der Waals surface area contributed by atoms with Crippen molar-refractivity contribution in [2.75, 3.05) is 59.0 Å². The second-order valence-corrected chi connectivity index (χ2v) is 8.63. The Bertz CT molecular complexity index is 1040. The summed E-state index contributed by atoms with van der Waals surface area (Å²) in [5, 5.41) is 0. The van der Waals surface area contributed by atoms with Gasteiger partial charge in [-0.15, -0.1) is 0 Å². The van der Waals surface area contributed by atoms with Crippen LogP contribution in [0.5, 0.6) is 0 Å². The van der Waals surface area contributed by atoms with Gasteiger partial charge in [0.15, 0.2) is 0 Å². The van der Waals surface area contributed by atoms with Crippen molar-refractivity contribution in [3.8, 4) is 0 Å². The van der Waals surface area contributed by atoms with Crippen molar-refractivity contribution < 1.29 is 9.53 Å². The van der Waals surface area contributed by atoms with Gasteiger partial charge in [0.25, 0.3) is 0 Å². The van der Waals surface area contributed by atoms with Crippen LogP contribution in [0.1, 0.15) is 11.4 Å². The molecule has 0 bridgehead atoms. The average Bonchev–Trinajstić information content (AvgIpc) is 3.18. The van der Waals surface area contributed by atoms with Gasteiger partial charge in [0.2, 0.25) is 5.91 Å². The van der Waals surface area contributed by atoms with Crippen LogP contribution in [0.3, 0.4) is 0 Å². The zero-order valence-electron chi connectivity index (χ0n) is 18.5. The number of fused-ring (bicyclic) bond motifs is 1. The van der Waals surface area contributed by atoms with Crippen molar-refractivity contribution in [1.29, 1.82) is 0 Å². The molecule has 7 heteroatoms. The number of hydrogen-bond donors (Lipinski definition) is 0. The first kappa shape index (κ1) is 21.1. The first-order valence-electron chi connectivity index (χ1n) is 11.5. The Labute approximate surface area is 189 Å². The van der Waals surface area contributed by atoms with E-state index in [4.69, 9.17) is 9.72 Å². The zero-order valence-corrected chi connectivity index (χ0v) is 18.5. The van der Waals surface area contributed by atoms with Crippen molar-refractivity contribution in [1.82, 2.24) is 24.3 Å². The number of ether oxygens (including phenoxy) is 1. The normalized spacial score (nSPS) is 18.3. The molecule has 2 fully saturated rings. The number of carbonyl (C=O) groups is 1. The van der Waals surface area contributed by atoms with Crippen molar-refractivity contribution in [3.05, 3.63) is 66.0 Å². The molecule has 5 rings (SSSR count). The van der Waals surface area contributed by atoms with Crippen molar-refractivity contribution in [3.63, 3.8) is 0 Å². The molecule has 3 heterocycles. The number of imidazole rings is 1. The molecule has 32 heavy (non-hydrogen) atoms. The summed E-state index contributed by atoms with van der Waals surface area (Å²) in [4.78, 5) is 24.2. The van der Waals surface area contributed by atoms with E-state index in [1.807, 2.05) is 4.90 Å². The summed E-state index contributed by atoms with van der Waals surface area (Å²) in [5.41, 5.74) is 3.51. The SMILES string of the molecule is O=C(CN1CCN(Cc2nc3ccccc3n2Cc2ccccc2)CC1)N1CCOCC1. The fraction of sp³-hybridized carbons (Fsp3) is 0.440. The molecule has 7 nitrogen and oxygen atoms in total. The smallest absolute Gasteiger partial charge is 0.236 e. The molecule has 0 atom stereocenters. The molecule has 0 radical (unpaired) electrons. The number of nitrogens with zero attached hydrogens (tertiary/aromatic N) is 5. The van der Waals surface area contributed by atoms with Gasteiger partial charge in [0.1, 0.15) is 5.82 Å². The number of morpholine rings is 1. The third kappa shape index (κ3) is 4.85. The predicted octanol–water partition coefficient (Wildman–Crippen LogP) is 2.06. The number of amides is 1. The molecular weight excluding hydrogens is 402 g/mol. The van der Waals surface area contributed by atoms with Gasteiger partial charge >= 0.3 is 0 Å². The standard InChI is InChI=1S/C25H31N5O2/c31-25(29-14-16-32-17-15-29)20-28-12-10-27(11-13-28)19-24-26-22-8-4-5-9-23(22)30(24)18-21-6-2-1-3-7-21/h1-9H,10-20H2. The maximum atomic E-state index is 12.6. The lowest BCUT2D eigenvalue weighted by atomic mass is 10.2. The lowest BCUT2D eigenvalue weighted by Gasteiger charge is -2.35. The Morgan fingerprint density at radius 2 is 1.50 bits per heavy atom. The summed E-state index contributed by atoms with van der Waals surface area (Å²) in [7, 11) is 0. The summed E-state index contributed by atoms with van der Waals surface area (Å²) in [6, 6.07) is 19.0. The van der Waals surface area contributed by atoms with Gasteiger partial charge in [-0.2, -0.15) is 0 Å². The van der Waals surface area contributed by atoms with Crippen LogP contribution in [0.4, 0.5) is 0 Å². The van der Waals surface area contributed by atoms with Crippen LogP contribution in [0.15, 0.2) is 54.6 Å².